The summed E-state index contributed by atoms with van der Waals surface area (Å²) in [6.45, 7) is 0.314. The molecule has 0 spiro atoms. The molecule has 3 rings (SSSR count). The lowest BCUT2D eigenvalue weighted by Crippen LogP contribution is -2.28. The molecule has 1 heterocycles. The standard InChI is InChI=1S/C17H14Cl2N2O2/c18-12-4-3-5-13(9-12)20-17(23)11-8-16(22)21(10-11)15-7-2-1-6-14(15)19/h1-7,9,11H,8,10H2,(H,20,23)/t11-/m1/s1. The molecule has 0 bridgehead atoms. The monoisotopic (exact) mass is 348 g/mol. The summed E-state index contributed by atoms with van der Waals surface area (Å²) < 4.78 is 0. The summed E-state index contributed by atoms with van der Waals surface area (Å²) in [4.78, 5) is 26.1. The van der Waals surface area contributed by atoms with Crippen LogP contribution in [0.15, 0.2) is 48.5 Å². The van der Waals surface area contributed by atoms with E-state index in [9.17, 15) is 9.59 Å². The van der Waals surface area contributed by atoms with Gasteiger partial charge in [-0.15, -0.1) is 0 Å². The highest BCUT2D eigenvalue weighted by atomic mass is 35.5. The van der Waals surface area contributed by atoms with Gasteiger partial charge in [0.2, 0.25) is 11.8 Å². The molecule has 0 aliphatic carbocycles. The van der Waals surface area contributed by atoms with Crippen LogP contribution in [0.25, 0.3) is 0 Å². The Bertz CT molecular complexity index is 764. The summed E-state index contributed by atoms with van der Waals surface area (Å²) in [5.41, 5.74) is 1.25. The van der Waals surface area contributed by atoms with Gasteiger partial charge in [0.25, 0.3) is 0 Å². The van der Waals surface area contributed by atoms with Crippen molar-refractivity contribution in [1.82, 2.24) is 0 Å². The zero-order valence-electron chi connectivity index (χ0n) is 12.1. The van der Waals surface area contributed by atoms with Gasteiger partial charge in [0, 0.05) is 23.7 Å². The Morgan fingerprint density at radius 2 is 1.91 bits per heavy atom. The number of hydrogen-bond donors (Lipinski definition) is 1. The molecule has 1 saturated heterocycles. The molecule has 0 unspecified atom stereocenters. The molecule has 6 heteroatoms. The highest BCUT2D eigenvalue weighted by molar-refractivity contribution is 6.34. The van der Waals surface area contributed by atoms with Crippen molar-refractivity contribution in [2.24, 2.45) is 5.92 Å². The molecule has 1 aliphatic heterocycles. The summed E-state index contributed by atoms with van der Waals surface area (Å²) in [6.07, 6.45) is 0.164. The Labute approximate surface area is 144 Å². The van der Waals surface area contributed by atoms with E-state index in [-0.39, 0.29) is 18.2 Å². The number of halogens is 2. The van der Waals surface area contributed by atoms with Crippen LogP contribution in [0.2, 0.25) is 10.0 Å². The molecule has 2 aromatic rings. The van der Waals surface area contributed by atoms with Crippen LogP contribution in [0.4, 0.5) is 11.4 Å². The number of anilines is 2. The van der Waals surface area contributed by atoms with Crippen LogP contribution in [0.1, 0.15) is 6.42 Å². The minimum absolute atomic E-state index is 0.107. The van der Waals surface area contributed by atoms with E-state index < -0.39 is 5.92 Å². The first-order chi connectivity index (χ1) is 11.0. The van der Waals surface area contributed by atoms with Gasteiger partial charge in [-0.05, 0) is 30.3 Å². The van der Waals surface area contributed by atoms with E-state index in [1.165, 1.54) is 0 Å². The molecule has 1 atom stereocenters. The summed E-state index contributed by atoms with van der Waals surface area (Å²) in [5, 5.41) is 3.84. The molecule has 2 amide bonds. The van der Waals surface area contributed by atoms with E-state index in [4.69, 9.17) is 23.2 Å². The third-order valence-corrected chi connectivity index (χ3v) is 4.29. The Morgan fingerprint density at radius 3 is 2.65 bits per heavy atom. The first-order valence-corrected chi connectivity index (χ1v) is 7.91. The largest absolute Gasteiger partial charge is 0.326 e. The topological polar surface area (TPSA) is 49.4 Å². The predicted molar refractivity (Wildman–Crippen MR) is 92.0 cm³/mol. The average Bonchev–Trinajstić information content (AvgIpc) is 2.90. The number of nitrogens with zero attached hydrogens (tertiary/aromatic N) is 1. The van der Waals surface area contributed by atoms with Gasteiger partial charge in [-0.25, -0.2) is 0 Å². The van der Waals surface area contributed by atoms with Crippen LogP contribution in [-0.4, -0.2) is 18.4 Å². The minimum atomic E-state index is -0.419. The van der Waals surface area contributed by atoms with Crippen molar-refractivity contribution < 1.29 is 9.59 Å². The number of carbonyl (C=O) groups excluding carboxylic acids is 2. The number of amides is 2. The second-order valence-corrected chi connectivity index (χ2v) is 6.20. The SMILES string of the molecule is O=C(Nc1cccc(Cl)c1)[C@@H]1CC(=O)N(c2ccccc2Cl)C1. The van der Waals surface area contributed by atoms with Crippen molar-refractivity contribution in [3.8, 4) is 0 Å². The molecule has 0 aromatic heterocycles. The maximum atomic E-state index is 12.4. The van der Waals surface area contributed by atoms with Crippen LogP contribution in [0, 0.1) is 5.92 Å². The smallest absolute Gasteiger partial charge is 0.229 e. The highest BCUT2D eigenvalue weighted by Gasteiger charge is 2.35. The highest BCUT2D eigenvalue weighted by Crippen LogP contribution is 2.31. The molecule has 4 nitrogen and oxygen atoms in total. The van der Waals surface area contributed by atoms with Crippen molar-refractivity contribution >= 4 is 46.4 Å². The zero-order chi connectivity index (χ0) is 16.4. The van der Waals surface area contributed by atoms with Crippen LogP contribution in [0.3, 0.4) is 0 Å². The summed E-state index contributed by atoms with van der Waals surface area (Å²) >= 11 is 12.0. The molecular weight excluding hydrogens is 335 g/mol. The number of para-hydroxylation sites is 1. The third kappa shape index (κ3) is 3.49. The molecule has 23 heavy (non-hydrogen) atoms. The van der Waals surface area contributed by atoms with Gasteiger partial charge >= 0.3 is 0 Å². The van der Waals surface area contributed by atoms with Crippen molar-refractivity contribution in [2.75, 3.05) is 16.8 Å². The van der Waals surface area contributed by atoms with Crippen LogP contribution in [-0.2, 0) is 9.59 Å². The molecule has 1 fully saturated rings. The number of hydrogen-bond acceptors (Lipinski definition) is 2. The second kappa shape index (κ2) is 6.60. The van der Waals surface area contributed by atoms with E-state index in [1.807, 2.05) is 6.07 Å². The quantitative estimate of drug-likeness (QED) is 0.911. The fraction of sp³-hybridized carbons (Fsp3) is 0.176. The number of carbonyl (C=O) groups is 2. The van der Waals surface area contributed by atoms with Crippen LogP contribution < -0.4 is 10.2 Å². The fourth-order valence-corrected chi connectivity index (χ4v) is 3.03. The molecule has 0 saturated carbocycles. The normalized spacial score (nSPS) is 17.4. The Kier molecular flexibility index (Phi) is 4.55. The molecule has 1 aliphatic rings. The first-order valence-electron chi connectivity index (χ1n) is 7.16. The minimum Gasteiger partial charge on any atom is -0.326 e. The van der Waals surface area contributed by atoms with Crippen molar-refractivity contribution in [1.29, 1.82) is 0 Å². The maximum Gasteiger partial charge on any atom is 0.229 e. The van der Waals surface area contributed by atoms with Crippen molar-refractivity contribution in [3.05, 3.63) is 58.6 Å². The van der Waals surface area contributed by atoms with E-state index in [1.54, 1.807) is 47.4 Å². The lowest BCUT2D eigenvalue weighted by Gasteiger charge is -2.18. The lowest BCUT2D eigenvalue weighted by atomic mass is 10.1. The van der Waals surface area contributed by atoms with Gasteiger partial charge < -0.3 is 10.2 Å². The summed E-state index contributed by atoms with van der Waals surface area (Å²) in [5.74, 6) is -0.725. The van der Waals surface area contributed by atoms with Gasteiger partial charge in [0.1, 0.15) is 0 Å². The van der Waals surface area contributed by atoms with Gasteiger partial charge in [-0.3, -0.25) is 9.59 Å². The average molecular weight is 349 g/mol. The molecule has 0 radical (unpaired) electrons. The van der Waals surface area contributed by atoms with E-state index >= 15 is 0 Å². The van der Waals surface area contributed by atoms with Gasteiger partial charge in [-0.2, -0.15) is 0 Å². The second-order valence-electron chi connectivity index (χ2n) is 5.36. The van der Waals surface area contributed by atoms with E-state index in [2.05, 4.69) is 5.32 Å². The summed E-state index contributed by atoms with van der Waals surface area (Å²) in [7, 11) is 0. The van der Waals surface area contributed by atoms with Gasteiger partial charge in [0.15, 0.2) is 0 Å². The van der Waals surface area contributed by atoms with Crippen molar-refractivity contribution in [3.63, 3.8) is 0 Å². The Balaban J connectivity index is 1.72. The maximum absolute atomic E-state index is 12.4. The summed E-state index contributed by atoms with van der Waals surface area (Å²) in [6, 6.07) is 14.0. The molecular formula is C17H14Cl2N2O2. The predicted octanol–water partition coefficient (Wildman–Crippen LogP) is 3.99. The zero-order valence-corrected chi connectivity index (χ0v) is 13.6. The van der Waals surface area contributed by atoms with Gasteiger partial charge in [-0.1, -0.05) is 41.4 Å². The Hall–Kier alpha value is -2.04. The molecule has 118 valence electrons. The van der Waals surface area contributed by atoms with Gasteiger partial charge in [0.05, 0.1) is 16.6 Å². The third-order valence-electron chi connectivity index (χ3n) is 3.73. The Morgan fingerprint density at radius 1 is 1.13 bits per heavy atom. The number of benzene rings is 2. The first kappa shape index (κ1) is 15.8. The van der Waals surface area contributed by atoms with Crippen LogP contribution in [0.5, 0.6) is 0 Å². The molecule has 1 N–H and O–H groups in total. The lowest BCUT2D eigenvalue weighted by molar-refractivity contribution is -0.122. The van der Waals surface area contributed by atoms with E-state index in [0.717, 1.165) is 0 Å². The number of rotatable bonds is 3. The fourth-order valence-electron chi connectivity index (χ4n) is 2.60. The van der Waals surface area contributed by atoms with E-state index in [0.29, 0.717) is 28.0 Å². The molecule has 2 aromatic carbocycles. The number of nitrogens with one attached hydrogen (secondary N) is 1. The van der Waals surface area contributed by atoms with Crippen molar-refractivity contribution in [2.45, 2.75) is 6.42 Å². The van der Waals surface area contributed by atoms with Crippen LogP contribution >= 0.6 is 23.2 Å².